The molecule has 1 rings (SSSR count). The first-order valence-electron chi connectivity index (χ1n) is 6.47. The lowest BCUT2D eigenvalue weighted by Crippen LogP contribution is -2.35. The van der Waals surface area contributed by atoms with Gasteiger partial charge in [-0.15, -0.1) is 24.0 Å². The maximum Gasteiger partial charge on any atom is 0.188 e. The Balaban J connectivity index is 0.00000256. The van der Waals surface area contributed by atoms with Crippen LogP contribution in [0.3, 0.4) is 0 Å². The molecular weight excluding hydrogens is 325 g/mol. The highest BCUT2D eigenvalue weighted by atomic mass is 127. The molecule has 1 aliphatic carbocycles. The molecule has 0 amide bonds. The molecule has 0 saturated heterocycles. The topological polar surface area (TPSA) is 50.4 Å². The zero-order valence-corrected chi connectivity index (χ0v) is 14.0. The Kier molecular flexibility index (Phi) is 7.44. The number of nitrogens with two attached hydrogens (primary N) is 1. The fourth-order valence-electron chi connectivity index (χ4n) is 2.09. The van der Waals surface area contributed by atoms with Crippen LogP contribution < -0.4 is 11.1 Å². The van der Waals surface area contributed by atoms with Crippen molar-refractivity contribution in [1.29, 1.82) is 0 Å². The molecule has 102 valence electrons. The van der Waals surface area contributed by atoms with Gasteiger partial charge in [0.2, 0.25) is 0 Å². The SMILES string of the molecule is CC(C)CNC(N)=NCC1(CC(C)C)CC1.I. The molecule has 1 saturated carbocycles. The lowest BCUT2D eigenvalue weighted by molar-refractivity contribution is 0.398. The lowest BCUT2D eigenvalue weighted by Gasteiger charge is -2.15. The van der Waals surface area contributed by atoms with E-state index in [-0.39, 0.29) is 24.0 Å². The van der Waals surface area contributed by atoms with Gasteiger partial charge in [-0.25, -0.2) is 0 Å². The van der Waals surface area contributed by atoms with E-state index in [0.29, 0.717) is 17.3 Å². The van der Waals surface area contributed by atoms with Crippen LogP contribution in [0.1, 0.15) is 47.0 Å². The third-order valence-corrected chi connectivity index (χ3v) is 3.07. The number of hydrogen-bond donors (Lipinski definition) is 2. The van der Waals surface area contributed by atoms with E-state index >= 15 is 0 Å². The first-order chi connectivity index (χ1) is 7.43. The molecule has 17 heavy (non-hydrogen) atoms. The van der Waals surface area contributed by atoms with Crippen LogP contribution in [0.25, 0.3) is 0 Å². The van der Waals surface area contributed by atoms with Gasteiger partial charge in [-0.05, 0) is 36.5 Å². The molecule has 0 heterocycles. The second-order valence-corrected chi connectivity index (χ2v) is 6.07. The number of hydrogen-bond acceptors (Lipinski definition) is 1. The summed E-state index contributed by atoms with van der Waals surface area (Å²) in [7, 11) is 0. The second kappa shape index (κ2) is 7.44. The molecule has 0 aromatic rings. The Morgan fingerprint density at radius 3 is 2.24 bits per heavy atom. The van der Waals surface area contributed by atoms with E-state index in [1.165, 1.54) is 19.3 Å². The highest BCUT2D eigenvalue weighted by molar-refractivity contribution is 14.0. The number of guanidine groups is 1. The van der Waals surface area contributed by atoms with Crippen LogP contribution in [0.2, 0.25) is 0 Å². The molecule has 0 aliphatic heterocycles. The Morgan fingerprint density at radius 1 is 1.24 bits per heavy atom. The molecule has 0 spiro atoms. The van der Waals surface area contributed by atoms with Crippen molar-refractivity contribution in [3.05, 3.63) is 0 Å². The number of nitrogens with one attached hydrogen (secondary N) is 1. The average molecular weight is 353 g/mol. The summed E-state index contributed by atoms with van der Waals surface area (Å²) in [5.74, 6) is 1.99. The molecule has 1 aliphatic rings. The summed E-state index contributed by atoms with van der Waals surface area (Å²) in [6.07, 6.45) is 3.94. The van der Waals surface area contributed by atoms with Gasteiger partial charge < -0.3 is 11.1 Å². The summed E-state index contributed by atoms with van der Waals surface area (Å²) in [5, 5.41) is 3.16. The standard InChI is InChI=1S/C13H27N3.HI/c1-10(2)7-13(5-6-13)9-16-12(14)15-8-11(3)4;/h10-11H,5-9H2,1-4H3,(H3,14,15,16);1H. The molecule has 1 fully saturated rings. The molecule has 4 heteroatoms. The van der Waals surface area contributed by atoms with E-state index in [9.17, 15) is 0 Å². The number of aliphatic imine (C=N–C) groups is 1. The summed E-state index contributed by atoms with van der Waals surface area (Å²) in [5.41, 5.74) is 6.31. The fourth-order valence-corrected chi connectivity index (χ4v) is 2.09. The fraction of sp³-hybridized carbons (Fsp3) is 0.923. The largest absolute Gasteiger partial charge is 0.370 e. The molecule has 0 bridgehead atoms. The predicted molar refractivity (Wildman–Crippen MR) is 85.9 cm³/mol. The van der Waals surface area contributed by atoms with Crippen molar-refractivity contribution >= 4 is 29.9 Å². The van der Waals surface area contributed by atoms with Crippen LogP contribution >= 0.6 is 24.0 Å². The van der Waals surface area contributed by atoms with E-state index in [0.717, 1.165) is 19.0 Å². The van der Waals surface area contributed by atoms with Gasteiger partial charge in [0.25, 0.3) is 0 Å². The van der Waals surface area contributed by atoms with Crippen molar-refractivity contribution < 1.29 is 0 Å². The summed E-state index contributed by atoms with van der Waals surface area (Å²) in [4.78, 5) is 4.47. The molecule has 0 aromatic heterocycles. The Labute approximate surface area is 123 Å². The third kappa shape index (κ3) is 7.11. The van der Waals surface area contributed by atoms with Crippen molar-refractivity contribution in [2.75, 3.05) is 13.1 Å². The van der Waals surface area contributed by atoms with Crippen LogP contribution in [-0.2, 0) is 0 Å². The van der Waals surface area contributed by atoms with Gasteiger partial charge in [-0.3, -0.25) is 4.99 Å². The Bertz CT molecular complexity index is 245. The first kappa shape index (κ1) is 17.0. The molecule has 0 radical (unpaired) electrons. The molecule has 3 N–H and O–H groups in total. The molecule has 0 aromatic carbocycles. The second-order valence-electron chi connectivity index (χ2n) is 6.07. The summed E-state index contributed by atoms with van der Waals surface area (Å²) in [6.45, 7) is 10.7. The smallest absolute Gasteiger partial charge is 0.188 e. The number of halogens is 1. The molecule has 3 nitrogen and oxygen atoms in total. The van der Waals surface area contributed by atoms with E-state index in [1.54, 1.807) is 0 Å². The van der Waals surface area contributed by atoms with E-state index in [4.69, 9.17) is 5.73 Å². The Morgan fingerprint density at radius 2 is 1.82 bits per heavy atom. The van der Waals surface area contributed by atoms with Crippen molar-refractivity contribution in [1.82, 2.24) is 5.32 Å². The minimum absolute atomic E-state index is 0. The van der Waals surface area contributed by atoms with Gasteiger partial charge in [-0.2, -0.15) is 0 Å². The number of rotatable bonds is 6. The normalized spacial score (nSPS) is 18.1. The van der Waals surface area contributed by atoms with Crippen molar-refractivity contribution in [3.8, 4) is 0 Å². The van der Waals surface area contributed by atoms with E-state index in [1.807, 2.05) is 0 Å². The lowest BCUT2D eigenvalue weighted by atomic mass is 9.94. The quantitative estimate of drug-likeness (QED) is 0.438. The van der Waals surface area contributed by atoms with Gasteiger partial charge in [0, 0.05) is 13.1 Å². The van der Waals surface area contributed by atoms with Crippen LogP contribution in [0, 0.1) is 17.3 Å². The minimum atomic E-state index is 0. The van der Waals surface area contributed by atoms with Gasteiger partial charge in [0.15, 0.2) is 5.96 Å². The predicted octanol–water partition coefficient (Wildman–Crippen LogP) is 2.99. The zero-order valence-electron chi connectivity index (χ0n) is 11.6. The third-order valence-electron chi connectivity index (χ3n) is 3.07. The van der Waals surface area contributed by atoms with Gasteiger partial charge in [-0.1, -0.05) is 27.7 Å². The Hall–Kier alpha value is 0. The van der Waals surface area contributed by atoms with Crippen molar-refractivity contribution in [2.24, 2.45) is 28.0 Å². The van der Waals surface area contributed by atoms with Gasteiger partial charge in [0.05, 0.1) is 0 Å². The minimum Gasteiger partial charge on any atom is -0.370 e. The van der Waals surface area contributed by atoms with Crippen LogP contribution in [0.4, 0.5) is 0 Å². The van der Waals surface area contributed by atoms with Crippen LogP contribution in [0.15, 0.2) is 4.99 Å². The average Bonchev–Trinajstić information content (AvgIpc) is 2.91. The monoisotopic (exact) mass is 353 g/mol. The van der Waals surface area contributed by atoms with E-state index in [2.05, 4.69) is 38.0 Å². The summed E-state index contributed by atoms with van der Waals surface area (Å²) in [6, 6.07) is 0. The molecular formula is C13H28IN3. The summed E-state index contributed by atoms with van der Waals surface area (Å²) >= 11 is 0. The summed E-state index contributed by atoms with van der Waals surface area (Å²) < 4.78 is 0. The van der Waals surface area contributed by atoms with Crippen LogP contribution in [0.5, 0.6) is 0 Å². The van der Waals surface area contributed by atoms with Gasteiger partial charge in [0.1, 0.15) is 0 Å². The van der Waals surface area contributed by atoms with Gasteiger partial charge >= 0.3 is 0 Å². The van der Waals surface area contributed by atoms with E-state index < -0.39 is 0 Å². The molecule has 0 atom stereocenters. The molecule has 0 unspecified atom stereocenters. The number of nitrogens with zero attached hydrogens (tertiary/aromatic N) is 1. The highest BCUT2D eigenvalue weighted by Crippen LogP contribution is 2.50. The first-order valence-corrected chi connectivity index (χ1v) is 6.47. The maximum absolute atomic E-state index is 5.83. The van der Waals surface area contributed by atoms with Crippen molar-refractivity contribution in [3.63, 3.8) is 0 Å². The zero-order chi connectivity index (χ0) is 12.2. The van der Waals surface area contributed by atoms with Crippen molar-refractivity contribution in [2.45, 2.75) is 47.0 Å². The maximum atomic E-state index is 5.83. The highest BCUT2D eigenvalue weighted by Gasteiger charge is 2.42. The van der Waals surface area contributed by atoms with Crippen LogP contribution in [-0.4, -0.2) is 19.0 Å².